The van der Waals surface area contributed by atoms with Crippen LogP contribution in [-0.4, -0.2) is 6.54 Å². The molecule has 1 aromatic rings. The number of anilines is 1. The summed E-state index contributed by atoms with van der Waals surface area (Å²) in [6, 6.07) is 10.8. The zero-order chi connectivity index (χ0) is 12.8. The Kier molecular flexibility index (Phi) is 5.03. The summed E-state index contributed by atoms with van der Waals surface area (Å²) in [5.74, 6) is 1.02. The number of rotatable bonds is 5. The van der Waals surface area contributed by atoms with Crippen LogP contribution < -0.4 is 5.32 Å². The van der Waals surface area contributed by atoms with Crippen LogP contribution in [0.1, 0.15) is 39.2 Å². The molecule has 1 N–H and O–H groups in total. The Morgan fingerprint density at radius 2 is 1.71 bits per heavy atom. The number of benzene rings is 1. The Balaban J connectivity index is 2.56. The lowest BCUT2D eigenvalue weighted by atomic mass is 9.97. The lowest BCUT2D eigenvalue weighted by Crippen LogP contribution is -2.17. The van der Waals surface area contributed by atoms with Gasteiger partial charge in [-0.25, -0.2) is 0 Å². The van der Waals surface area contributed by atoms with Gasteiger partial charge in [-0.2, -0.15) is 5.26 Å². The second kappa shape index (κ2) is 6.30. The molecular weight excluding hydrogens is 208 g/mol. The van der Waals surface area contributed by atoms with Gasteiger partial charge in [-0.1, -0.05) is 39.8 Å². The van der Waals surface area contributed by atoms with Crippen LogP contribution in [0.5, 0.6) is 0 Å². The van der Waals surface area contributed by atoms with Crippen molar-refractivity contribution >= 4 is 5.69 Å². The second-order valence-corrected chi connectivity index (χ2v) is 5.14. The first-order valence-electron chi connectivity index (χ1n) is 6.28. The van der Waals surface area contributed by atoms with Crippen molar-refractivity contribution in [1.29, 1.82) is 5.26 Å². The first-order valence-corrected chi connectivity index (χ1v) is 6.28. The van der Waals surface area contributed by atoms with E-state index in [9.17, 15) is 0 Å². The molecule has 0 aliphatic rings. The number of nitrogens with zero attached hydrogens (tertiary/aromatic N) is 1. The monoisotopic (exact) mass is 230 g/mol. The van der Waals surface area contributed by atoms with E-state index in [1.807, 2.05) is 0 Å². The molecule has 0 fully saturated rings. The van der Waals surface area contributed by atoms with Gasteiger partial charge in [0.25, 0.3) is 0 Å². The zero-order valence-electron chi connectivity index (χ0n) is 11.2. The fourth-order valence-corrected chi connectivity index (χ4v) is 1.64. The molecule has 0 aromatic heterocycles. The standard InChI is InChI=1S/C15H22N2/c1-11(2)13-5-7-15(8-6-13)17-10-14(9-16)12(3)4/h5-8,11-12,14,17H,10H2,1-4H3. The molecule has 0 radical (unpaired) electrons. The van der Waals surface area contributed by atoms with E-state index in [0.717, 1.165) is 12.2 Å². The predicted octanol–water partition coefficient (Wildman–Crippen LogP) is 4.02. The van der Waals surface area contributed by atoms with Crippen molar-refractivity contribution in [1.82, 2.24) is 0 Å². The predicted molar refractivity (Wildman–Crippen MR) is 73.0 cm³/mol. The van der Waals surface area contributed by atoms with Crippen LogP contribution in [0, 0.1) is 23.2 Å². The molecule has 0 saturated carbocycles. The Morgan fingerprint density at radius 3 is 2.12 bits per heavy atom. The summed E-state index contributed by atoms with van der Waals surface area (Å²) in [7, 11) is 0. The molecule has 1 rings (SSSR count). The highest BCUT2D eigenvalue weighted by atomic mass is 14.9. The molecule has 1 unspecified atom stereocenters. The quantitative estimate of drug-likeness (QED) is 0.829. The van der Waals surface area contributed by atoms with Gasteiger partial charge in [-0.05, 0) is 29.5 Å². The van der Waals surface area contributed by atoms with Gasteiger partial charge >= 0.3 is 0 Å². The van der Waals surface area contributed by atoms with Crippen LogP contribution in [0.25, 0.3) is 0 Å². The molecule has 1 atom stereocenters. The highest BCUT2D eigenvalue weighted by Crippen LogP contribution is 2.18. The van der Waals surface area contributed by atoms with Crippen LogP contribution in [0.4, 0.5) is 5.69 Å². The van der Waals surface area contributed by atoms with E-state index in [2.05, 4.69) is 63.3 Å². The minimum absolute atomic E-state index is 0.0692. The smallest absolute Gasteiger partial charge is 0.0677 e. The Labute approximate surface area is 105 Å². The zero-order valence-corrected chi connectivity index (χ0v) is 11.2. The molecule has 0 spiro atoms. The number of nitriles is 1. The van der Waals surface area contributed by atoms with Crippen LogP contribution >= 0.6 is 0 Å². The minimum Gasteiger partial charge on any atom is -0.384 e. The molecule has 0 bridgehead atoms. The molecule has 2 heteroatoms. The average Bonchev–Trinajstić information content (AvgIpc) is 2.30. The molecule has 0 amide bonds. The molecule has 0 aliphatic carbocycles. The van der Waals surface area contributed by atoms with Crippen molar-refractivity contribution in [3.63, 3.8) is 0 Å². The maximum Gasteiger partial charge on any atom is 0.0677 e. The maximum atomic E-state index is 9.00. The number of hydrogen-bond donors (Lipinski definition) is 1. The fourth-order valence-electron chi connectivity index (χ4n) is 1.64. The molecule has 0 aliphatic heterocycles. The van der Waals surface area contributed by atoms with Crippen molar-refractivity contribution in [2.75, 3.05) is 11.9 Å². The molecule has 2 nitrogen and oxygen atoms in total. The van der Waals surface area contributed by atoms with Gasteiger partial charge in [0, 0.05) is 12.2 Å². The van der Waals surface area contributed by atoms with Crippen molar-refractivity contribution < 1.29 is 0 Å². The third-order valence-corrected chi connectivity index (χ3v) is 3.07. The summed E-state index contributed by atoms with van der Waals surface area (Å²) >= 11 is 0. The maximum absolute atomic E-state index is 9.00. The van der Waals surface area contributed by atoms with Gasteiger partial charge in [-0.3, -0.25) is 0 Å². The molecule has 0 saturated heterocycles. The first-order chi connectivity index (χ1) is 8.04. The van der Waals surface area contributed by atoms with Crippen molar-refractivity contribution in [2.45, 2.75) is 33.6 Å². The topological polar surface area (TPSA) is 35.8 Å². The van der Waals surface area contributed by atoms with Gasteiger partial charge in [0.15, 0.2) is 0 Å². The summed E-state index contributed by atoms with van der Waals surface area (Å²) < 4.78 is 0. The summed E-state index contributed by atoms with van der Waals surface area (Å²) in [6.45, 7) is 9.25. The van der Waals surface area contributed by atoms with Crippen LogP contribution in [0.2, 0.25) is 0 Å². The van der Waals surface area contributed by atoms with Gasteiger partial charge in [0.2, 0.25) is 0 Å². The van der Waals surface area contributed by atoms with Gasteiger partial charge in [-0.15, -0.1) is 0 Å². The third-order valence-electron chi connectivity index (χ3n) is 3.07. The van der Waals surface area contributed by atoms with E-state index in [1.54, 1.807) is 0 Å². The SMILES string of the molecule is CC(C)c1ccc(NCC(C#N)C(C)C)cc1. The van der Waals surface area contributed by atoms with Gasteiger partial charge < -0.3 is 5.32 Å². The molecule has 17 heavy (non-hydrogen) atoms. The van der Waals surface area contributed by atoms with Crippen molar-refractivity contribution in [2.24, 2.45) is 11.8 Å². The van der Waals surface area contributed by atoms with E-state index in [0.29, 0.717) is 11.8 Å². The Bertz CT molecular complexity index is 371. The largest absolute Gasteiger partial charge is 0.384 e. The van der Waals surface area contributed by atoms with Crippen molar-refractivity contribution in [3.8, 4) is 6.07 Å². The lowest BCUT2D eigenvalue weighted by Gasteiger charge is -2.15. The fraction of sp³-hybridized carbons (Fsp3) is 0.533. The van der Waals surface area contributed by atoms with Crippen LogP contribution in [-0.2, 0) is 0 Å². The first kappa shape index (κ1) is 13.6. The normalized spacial score (nSPS) is 12.5. The average molecular weight is 230 g/mol. The van der Waals surface area contributed by atoms with E-state index in [1.165, 1.54) is 5.56 Å². The molecule has 92 valence electrons. The highest BCUT2D eigenvalue weighted by molar-refractivity contribution is 5.45. The van der Waals surface area contributed by atoms with E-state index in [-0.39, 0.29) is 5.92 Å². The minimum atomic E-state index is 0.0692. The molecule has 0 heterocycles. The highest BCUT2D eigenvalue weighted by Gasteiger charge is 2.11. The molecular formula is C15H22N2. The third kappa shape index (κ3) is 4.11. The van der Waals surface area contributed by atoms with E-state index in [4.69, 9.17) is 5.26 Å². The number of nitrogens with one attached hydrogen (secondary N) is 1. The lowest BCUT2D eigenvalue weighted by molar-refractivity contribution is 0.496. The van der Waals surface area contributed by atoms with E-state index >= 15 is 0 Å². The summed E-state index contributed by atoms with van der Waals surface area (Å²) in [5, 5.41) is 12.3. The van der Waals surface area contributed by atoms with Crippen LogP contribution in [0.3, 0.4) is 0 Å². The molecule has 1 aromatic carbocycles. The van der Waals surface area contributed by atoms with E-state index < -0.39 is 0 Å². The van der Waals surface area contributed by atoms with Crippen LogP contribution in [0.15, 0.2) is 24.3 Å². The summed E-state index contributed by atoms with van der Waals surface area (Å²) in [5.41, 5.74) is 2.44. The second-order valence-electron chi connectivity index (χ2n) is 5.14. The summed E-state index contributed by atoms with van der Waals surface area (Å²) in [6.07, 6.45) is 0. The van der Waals surface area contributed by atoms with Gasteiger partial charge in [0.05, 0.1) is 12.0 Å². The summed E-state index contributed by atoms with van der Waals surface area (Å²) in [4.78, 5) is 0. The van der Waals surface area contributed by atoms with Gasteiger partial charge in [0.1, 0.15) is 0 Å². The van der Waals surface area contributed by atoms with Crippen molar-refractivity contribution in [3.05, 3.63) is 29.8 Å². The Morgan fingerprint density at radius 1 is 1.12 bits per heavy atom. The Hall–Kier alpha value is -1.49. The number of hydrogen-bond acceptors (Lipinski definition) is 2.